The summed E-state index contributed by atoms with van der Waals surface area (Å²) in [5.74, 6) is 0.958. The number of carbonyl (C=O) groups is 1. The number of nitrogens with zero attached hydrogens (tertiary/aromatic N) is 3. The molecule has 1 aromatic rings. The molecule has 28 heavy (non-hydrogen) atoms. The van der Waals surface area contributed by atoms with Crippen LogP contribution in [0.3, 0.4) is 0 Å². The highest BCUT2D eigenvalue weighted by Gasteiger charge is 2.32. The van der Waals surface area contributed by atoms with E-state index in [9.17, 15) is 18.0 Å². The van der Waals surface area contributed by atoms with Crippen molar-refractivity contribution in [2.45, 2.75) is 57.7 Å². The first-order chi connectivity index (χ1) is 13.2. The van der Waals surface area contributed by atoms with Crippen LogP contribution in [-0.4, -0.2) is 41.5 Å². The molecule has 2 unspecified atom stereocenters. The van der Waals surface area contributed by atoms with Crippen LogP contribution in [0, 0.1) is 5.92 Å². The van der Waals surface area contributed by atoms with Gasteiger partial charge >= 0.3 is 6.18 Å². The van der Waals surface area contributed by atoms with E-state index >= 15 is 0 Å². The molecule has 1 aromatic heterocycles. The maximum absolute atomic E-state index is 12.7. The molecule has 2 atom stereocenters. The molecule has 1 aliphatic heterocycles. The fraction of sp³-hybridized carbons (Fsp3) is 0.619. The van der Waals surface area contributed by atoms with Crippen molar-refractivity contribution in [1.29, 1.82) is 0 Å². The molecular formula is C21H30F3N3O. The zero-order valence-corrected chi connectivity index (χ0v) is 16.7. The molecule has 0 spiro atoms. The van der Waals surface area contributed by atoms with Crippen molar-refractivity contribution < 1.29 is 18.0 Å². The van der Waals surface area contributed by atoms with Crippen molar-refractivity contribution in [1.82, 2.24) is 9.88 Å². The van der Waals surface area contributed by atoms with Gasteiger partial charge in [-0.25, -0.2) is 4.98 Å². The van der Waals surface area contributed by atoms with Gasteiger partial charge in [0.15, 0.2) is 0 Å². The first-order valence-electron chi connectivity index (χ1n) is 9.84. The van der Waals surface area contributed by atoms with Crippen LogP contribution in [0.15, 0.2) is 31.0 Å². The number of rotatable bonds is 9. The number of amides is 1. The van der Waals surface area contributed by atoms with Crippen LogP contribution in [0.5, 0.6) is 0 Å². The van der Waals surface area contributed by atoms with Gasteiger partial charge in [0.05, 0.1) is 5.56 Å². The van der Waals surface area contributed by atoms with E-state index < -0.39 is 11.7 Å². The summed E-state index contributed by atoms with van der Waals surface area (Å²) in [6.07, 6.45) is 3.77. The lowest BCUT2D eigenvalue weighted by molar-refractivity contribution is -0.137. The van der Waals surface area contributed by atoms with Gasteiger partial charge < -0.3 is 9.80 Å². The quantitative estimate of drug-likeness (QED) is 0.439. The molecule has 1 saturated heterocycles. The van der Waals surface area contributed by atoms with Crippen LogP contribution in [-0.2, 0) is 11.0 Å². The van der Waals surface area contributed by atoms with Crippen LogP contribution < -0.4 is 4.90 Å². The van der Waals surface area contributed by atoms with Crippen LogP contribution in [0.1, 0.15) is 51.5 Å². The second-order valence-corrected chi connectivity index (χ2v) is 7.79. The Bertz CT molecular complexity index is 647. The average molecular weight is 397 g/mol. The minimum Gasteiger partial charge on any atom is -0.356 e. The van der Waals surface area contributed by atoms with Crippen LogP contribution in [0.2, 0.25) is 0 Å². The Hall–Kier alpha value is -2.05. The van der Waals surface area contributed by atoms with E-state index in [1.165, 1.54) is 6.07 Å². The molecule has 0 bridgehead atoms. The fourth-order valence-electron chi connectivity index (χ4n) is 3.80. The highest BCUT2D eigenvalue weighted by Crippen LogP contribution is 2.31. The van der Waals surface area contributed by atoms with Crippen LogP contribution in [0.25, 0.3) is 0 Å². The third-order valence-corrected chi connectivity index (χ3v) is 5.86. The van der Waals surface area contributed by atoms with Gasteiger partial charge in [0, 0.05) is 31.4 Å². The monoisotopic (exact) mass is 397 g/mol. The SMILES string of the molecule is C=CCC(C)(CC)N(C=O)CCC1CCCN(c2ccc(C(F)(F)F)cn2)C1. The van der Waals surface area contributed by atoms with E-state index in [0.717, 1.165) is 63.9 Å². The fourth-order valence-corrected chi connectivity index (χ4v) is 3.80. The predicted molar refractivity (Wildman–Crippen MR) is 105 cm³/mol. The number of alkyl halides is 3. The van der Waals surface area contributed by atoms with Gasteiger partial charge in [-0.15, -0.1) is 6.58 Å². The number of piperidine rings is 1. The number of aromatic nitrogens is 1. The van der Waals surface area contributed by atoms with Gasteiger partial charge in [-0.05, 0) is 57.1 Å². The lowest BCUT2D eigenvalue weighted by Gasteiger charge is -2.40. The topological polar surface area (TPSA) is 36.4 Å². The highest BCUT2D eigenvalue weighted by atomic mass is 19.4. The highest BCUT2D eigenvalue weighted by molar-refractivity contribution is 5.49. The standard InChI is InChI=1S/C21H30F3N3O/c1-4-11-20(3,5-2)27(16-28)13-10-17-7-6-12-26(15-17)19-9-8-18(14-25-19)21(22,23)24/h4,8-9,14,16-17H,1,5-7,10-13,15H2,2-3H3. The van der Waals surface area contributed by atoms with E-state index in [1.807, 2.05) is 15.9 Å². The average Bonchev–Trinajstić information content (AvgIpc) is 2.68. The molecule has 1 aliphatic rings. The van der Waals surface area contributed by atoms with Gasteiger partial charge in [0.25, 0.3) is 0 Å². The van der Waals surface area contributed by atoms with Crippen molar-refractivity contribution in [2.75, 3.05) is 24.5 Å². The zero-order valence-electron chi connectivity index (χ0n) is 16.7. The molecule has 0 radical (unpaired) electrons. The van der Waals surface area contributed by atoms with Crippen molar-refractivity contribution >= 4 is 12.2 Å². The Balaban J connectivity index is 1.97. The van der Waals surface area contributed by atoms with Crippen molar-refractivity contribution in [3.05, 3.63) is 36.5 Å². The number of carbonyl (C=O) groups excluding carboxylic acids is 1. The third kappa shape index (κ3) is 5.49. The second kappa shape index (κ2) is 9.43. The molecular weight excluding hydrogens is 367 g/mol. The van der Waals surface area contributed by atoms with Gasteiger partial charge in [0.1, 0.15) is 5.82 Å². The molecule has 0 N–H and O–H groups in total. The molecule has 0 saturated carbocycles. The first kappa shape index (κ1) is 22.2. The van der Waals surface area contributed by atoms with E-state index in [4.69, 9.17) is 0 Å². The van der Waals surface area contributed by atoms with Gasteiger partial charge in [-0.1, -0.05) is 13.0 Å². The molecule has 0 aromatic carbocycles. The molecule has 1 fully saturated rings. The Kier molecular flexibility index (Phi) is 7.49. The van der Waals surface area contributed by atoms with Gasteiger partial charge in [-0.2, -0.15) is 13.2 Å². The summed E-state index contributed by atoms with van der Waals surface area (Å²) >= 11 is 0. The third-order valence-electron chi connectivity index (χ3n) is 5.86. The van der Waals surface area contributed by atoms with Crippen molar-refractivity contribution in [3.8, 4) is 0 Å². The molecule has 0 aliphatic carbocycles. The molecule has 7 heteroatoms. The number of hydrogen-bond donors (Lipinski definition) is 0. The maximum Gasteiger partial charge on any atom is 0.417 e. The summed E-state index contributed by atoms with van der Waals surface area (Å²) in [6, 6.07) is 2.53. The number of halogens is 3. The van der Waals surface area contributed by atoms with E-state index in [1.54, 1.807) is 0 Å². The largest absolute Gasteiger partial charge is 0.417 e. The van der Waals surface area contributed by atoms with Gasteiger partial charge in [0.2, 0.25) is 6.41 Å². The summed E-state index contributed by atoms with van der Waals surface area (Å²) < 4.78 is 38.2. The maximum atomic E-state index is 12.7. The van der Waals surface area contributed by atoms with Crippen molar-refractivity contribution in [2.24, 2.45) is 5.92 Å². The minimum atomic E-state index is -4.37. The minimum absolute atomic E-state index is 0.229. The predicted octanol–water partition coefficient (Wildman–Crippen LogP) is 4.91. The van der Waals surface area contributed by atoms with E-state index in [0.29, 0.717) is 18.3 Å². The summed E-state index contributed by atoms with van der Waals surface area (Å²) in [4.78, 5) is 19.6. The summed E-state index contributed by atoms with van der Waals surface area (Å²) in [5.41, 5.74) is -0.958. The normalized spacial score (nSPS) is 19.8. The summed E-state index contributed by atoms with van der Waals surface area (Å²) in [7, 11) is 0. The van der Waals surface area contributed by atoms with E-state index in [2.05, 4.69) is 25.4 Å². The molecule has 1 amide bonds. The van der Waals surface area contributed by atoms with Gasteiger partial charge in [-0.3, -0.25) is 4.79 Å². The Morgan fingerprint density at radius 2 is 2.14 bits per heavy atom. The Morgan fingerprint density at radius 1 is 1.39 bits per heavy atom. The summed E-state index contributed by atoms with van der Waals surface area (Å²) in [5, 5.41) is 0. The number of pyridine rings is 1. The van der Waals surface area contributed by atoms with Crippen molar-refractivity contribution in [3.63, 3.8) is 0 Å². The molecule has 4 nitrogen and oxygen atoms in total. The second-order valence-electron chi connectivity index (χ2n) is 7.79. The number of hydrogen-bond acceptors (Lipinski definition) is 3. The molecule has 2 rings (SSSR count). The number of anilines is 1. The molecule has 2 heterocycles. The Labute approximate surface area is 165 Å². The Morgan fingerprint density at radius 3 is 2.68 bits per heavy atom. The molecule has 156 valence electrons. The smallest absolute Gasteiger partial charge is 0.356 e. The lowest BCUT2D eigenvalue weighted by Crippen LogP contribution is -2.46. The first-order valence-corrected chi connectivity index (χ1v) is 9.84. The zero-order chi connectivity index (χ0) is 20.8. The van der Waals surface area contributed by atoms with Crippen LogP contribution in [0.4, 0.5) is 19.0 Å². The van der Waals surface area contributed by atoms with E-state index in [-0.39, 0.29) is 5.54 Å². The van der Waals surface area contributed by atoms with Crippen LogP contribution >= 0.6 is 0 Å². The summed E-state index contributed by atoms with van der Waals surface area (Å²) in [6.45, 7) is 10.1. The lowest BCUT2D eigenvalue weighted by atomic mass is 9.90.